The molecule has 0 heterocycles. The third kappa shape index (κ3) is 7.60. The monoisotopic (exact) mass is 156 g/mol. The smallest absolute Gasteiger partial charge is 0.0433 e. The van der Waals surface area contributed by atoms with E-state index in [0.717, 1.165) is 12.8 Å². The number of aliphatic hydroxyl groups excluding tert-OH is 1. The zero-order valence-electron chi connectivity index (χ0n) is 7.71. The molecule has 1 nitrogen and oxygen atoms in total. The summed E-state index contributed by atoms with van der Waals surface area (Å²) in [6.07, 6.45) is 8.91. The molecule has 0 radical (unpaired) electrons. The lowest BCUT2D eigenvalue weighted by Crippen LogP contribution is -1.95. The molecule has 0 bridgehead atoms. The number of hydrogen-bond acceptors (Lipinski definition) is 1. The Morgan fingerprint density at radius 2 is 2.09 bits per heavy atom. The van der Waals surface area contributed by atoms with E-state index in [2.05, 4.69) is 26.0 Å². The summed E-state index contributed by atoms with van der Waals surface area (Å²) in [6, 6.07) is 0. The quantitative estimate of drug-likeness (QED) is 0.586. The molecule has 1 unspecified atom stereocenters. The number of hydrogen-bond donors (Lipinski definition) is 1. The third-order valence-electron chi connectivity index (χ3n) is 1.78. The first kappa shape index (κ1) is 10.7. The molecule has 0 aromatic carbocycles. The highest BCUT2D eigenvalue weighted by Gasteiger charge is 1.96. The van der Waals surface area contributed by atoms with Crippen LogP contribution in [0.3, 0.4) is 0 Å². The minimum Gasteiger partial charge on any atom is -0.396 e. The molecular weight excluding hydrogens is 136 g/mol. The van der Waals surface area contributed by atoms with Gasteiger partial charge in [0.25, 0.3) is 0 Å². The molecule has 0 aliphatic heterocycles. The van der Waals surface area contributed by atoms with Gasteiger partial charge in [0.15, 0.2) is 0 Å². The summed E-state index contributed by atoms with van der Waals surface area (Å²) < 4.78 is 0. The molecule has 0 saturated heterocycles. The van der Waals surface area contributed by atoms with Crippen LogP contribution in [-0.2, 0) is 0 Å². The van der Waals surface area contributed by atoms with Crippen molar-refractivity contribution in [2.45, 2.75) is 39.5 Å². The molecule has 11 heavy (non-hydrogen) atoms. The lowest BCUT2D eigenvalue weighted by Gasteiger charge is -2.04. The van der Waals surface area contributed by atoms with Gasteiger partial charge in [-0.15, -0.1) is 0 Å². The molecular formula is C10H20O. The van der Waals surface area contributed by atoms with Crippen LogP contribution in [-0.4, -0.2) is 11.7 Å². The number of rotatable bonds is 6. The average Bonchev–Trinajstić information content (AvgIpc) is 1.99. The Balaban J connectivity index is 3.21. The Hall–Kier alpha value is -0.300. The summed E-state index contributed by atoms with van der Waals surface area (Å²) in [5, 5.41) is 8.62. The summed E-state index contributed by atoms with van der Waals surface area (Å²) in [7, 11) is 0. The number of unbranched alkanes of at least 4 members (excludes halogenated alkanes) is 1. The Morgan fingerprint density at radius 3 is 2.64 bits per heavy atom. The zero-order chi connectivity index (χ0) is 8.53. The van der Waals surface area contributed by atoms with Crippen molar-refractivity contribution in [1.82, 2.24) is 0 Å². The van der Waals surface area contributed by atoms with Crippen LogP contribution >= 0.6 is 0 Å². The van der Waals surface area contributed by atoms with Crippen LogP contribution in [0.15, 0.2) is 12.2 Å². The van der Waals surface area contributed by atoms with Gasteiger partial charge in [-0.25, -0.2) is 0 Å². The maximum Gasteiger partial charge on any atom is 0.0433 e. The van der Waals surface area contributed by atoms with Crippen LogP contribution in [0.2, 0.25) is 0 Å². The number of aliphatic hydroxyl groups is 1. The van der Waals surface area contributed by atoms with Crippen LogP contribution in [0.1, 0.15) is 39.5 Å². The molecule has 0 fully saturated rings. The van der Waals surface area contributed by atoms with Crippen LogP contribution in [0.25, 0.3) is 0 Å². The molecule has 0 aromatic rings. The van der Waals surface area contributed by atoms with Gasteiger partial charge in [0.2, 0.25) is 0 Å². The Morgan fingerprint density at radius 1 is 1.36 bits per heavy atom. The van der Waals surface area contributed by atoms with Gasteiger partial charge in [-0.1, -0.05) is 32.4 Å². The average molecular weight is 156 g/mol. The fourth-order valence-electron chi connectivity index (χ4n) is 0.951. The van der Waals surface area contributed by atoms with Crippen molar-refractivity contribution >= 4 is 0 Å². The van der Waals surface area contributed by atoms with Gasteiger partial charge in [0.1, 0.15) is 0 Å². The van der Waals surface area contributed by atoms with E-state index in [-0.39, 0.29) is 0 Å². The molecule has 66 valence electrons. The molecule has 0 rings (SSSR count). The fourth-order valence-corrected chi connectivity index (χ4v) is 0.951. The molecule has 1 heteroatoms. The highest BCUT2D eigenvalue weighted by molar-refractivity contribution is 4.82. The topological polar surface area (TPSA) is 20.2 Å². The van der Waals surface area contributed by atoms with E-state index in [1.54, 1.807) is 0 Å². The Kier molecular flexibility index (Phi) is 7.59. The highest BCUT2D eigenvalue weighted by Crippen LogP contribution is 2.07. The summed E-state index contributed by atoms with van der Waals surface area (Å²) in [5.41, 5.74) is 0. The molecule has 0 aliphatic carbocycles. The minimum atomic E-state index is 0.322. The van der Waals surface area contributed by atoms with Crippen molar-refractivity contribution in [3.8, 4) is 0 Å². The highest BCUT2D eigenvalue weighted by atomic mass is 16.2. The van der Waals surface area contributed by atoms with Gasteiger partial charge in [-0.3, -0.25) is 0 Å². The maximum absolute atomic E-state index is 8.62. The first-order valence-corrected chi connectivity index (χ1v) is 4.57. The van der Waals surface area contributed by atoms with Gasteiger partial charge in [-0.05, 0) is 25.2 Å². The lowest BCUT2D eigenvalue weighted by molar-refractivity contribution is 0.263. The van der Waals surface area contributed by atoms with E-state index in [0.29, 0.717) is 12.5 Å². The van der Waals surface area contributed by atoms with Crippen LogP contribution in [0, 0.1) is 5.92 Å². The molecule has 0 aliphatic rings. The maximum atomic E-state index is 8.62. The first-order valence-electron chi connectivity index (χ1n) is 4.57. The van der Waals surface area contributed by atoms with Crippen molar-refractivity contribution in [3.05, 3.63) is 12.2 Å². The summed E-state index contributed by atoms with van der Waals surface area (Å²) >= 11 is 0. The second-order valence-corrected chi connectivity index (χ2v) is 3.11. The fraction of sp³-hybridized carbons (Fsp3) is 0.800. The molecule has 0 amide bonds. The molecule has 1 N–H and O–H groups in total. The van der Waals surface area contributed by atoms with E-state index in [1.165, 1.54) is 12.8 Å². The van der Waals surface area contributed by atoms with E-state index < -0.39 is 0 Å². The zero-order valence-corrected chi connectivity index (χ0v) is 7.71. The first-order chi connectivity index (χ1) is 5.31. The van der Waals surface area contributed by atoms with Crippen LogP contribution < -0.4 is 0 Å². The van der Waals surface area contributed by atoms with Crippen molar-refractivity contribution < 1.29 is 5.11 Å². The van der Waals surface area contributed by atoms with Crippen LogP contribution in [0.5, 0.6) is 0 Å². The molecule has 0 saturated carbocycles. The van der Waals surface area contributed by atoms with E-state index in [9.17, 15) is 0 Å². The predicted molar refractivity (Wildman–Crippen MR) is 49.5 cm³/mol. The Labute approximate surface area is 70.1 Å². The molecule has 1 atom stereocenters. The molecule has 0 spiro atoms. The summed E-state index contributed by atoms with van der Waals surface area (Å²) in [6.45, 7) is 4.68. The summed E-state index contributed by atoms with van der Waals surface area (Å²) in [5.74, 6) is 0.633. The van der Waals surface area contributed by atoms with Gasteiger partial charge in [0.05, 0.1) is 0 Å². The second-order valence-electron chi connectivity index (χ2n) is 3.11. The van der Waals surface area contributed by atoms with Crippen molar-refractivity contribution in [3.63, 3.8) is 0 Å². The third-order valence-corrected chi connectivity index (χ3v) is 1.78. The van der Waals surface area contributed by atoms with Crippen molar-refractivity contribution in [1.29, 1.82) is 0 Å². The normalized spacial score (nSPS) is 14.1. The van der Waals surface area contributed by atoms with Crippen LogP contribution in [0.4, 0.5) is 0 Å². The molecule has 0 aromatic heterocycles. The van der Waals surface area contributed by atoms with E-state index in [4.69, 9.17) is 5.11 Å². The largest absolute Gasteiger partial charge is 0.396 e. The van der Waals surface area contributed by atoms with Gasteiger partial charge in [0, 0.05) is 6.61 Å². The van der Waals surface area contributed by atoms with Gasteiger partial charge >= 0.3 is 0 Å². The standard InChI is InChI=1S/C10H20O/c1-3-4-5-6-7-10(2)8-9-11/h5-6,10-11H,3-4,7-9H2,1-2H3/b6-5-. The van der Waals surface area contributed by atoms with Gasteiger partial charge < -0.3 is 5.11 Å². The SMILES string of the molecule is CCC/C=C\CC(C)CCO. The van der Waals surface area contributed by atoms with E-state index >= 15 is 0 Å². The van der Waals surface area contributed by atoms with Gasteiger partial charge in [-0.2, -0.15) is 0 Å². The van der Waals surface area contributed by atoms with Crippen molar-refractivity contribution in [2.24, 2.45) is 5.92 Å². The number of allylic oxidation sites excluding steroid dienone is 2. The summed E-state index contributed by atoms with van der Waals surface area (Å²) in [4.78, 5) is 0. The lowest BCUT2D eigenvalue weighted by atomic mass is 10.0. The predicted octanol–water partition coefficient (Wildman–Crippen LogP) is 2.75. The van der Waals surface area contributed by atoms with Crippen molar-refractivity contribution in [2.75, 3.05) is 6.61 Å². The van der Waals surface area contributed by atoms with E-state index in [1.807, 2.05) is 0 Å². The minimum absolute atomic E-state index is 0.322. The Bertz CT molecular complexity index is 97.0. The second kappa shape index (κ2) is 7.80.